The van der Waals surface area contributed by atoms with Gasteiger partial charge in [-0.2, -0.15) is 0 Å². The average Bonchev–Trinajstić information content (AvgIpc) is 2.96. The molecule has 1 fully saturated rings. The van der Waals surface area contributed by atoms with E-state index in [2.05, 4.69) is 5.16 Å². The number of nitrogens with two attached hydrogens (primary N) is 1. The Morgan fingerprint density at radius 2 is 2.29 bits per heavy atom. The van der Waals surface area contributed by atoms with E-state index in [0.717, 1.165) is 18.4 Å². The van der Waals surface area contributed by atoms with Gasteiger partial charge in [-0.3, -0.25) is 4.79 Å². The Balaban J connectivity index is 1.80. The first-order chi connectivity index (χ1) is 10.1. The minimum absolute atomic E-state index is 0.0435. The van der Waals surface area contributed by atoms with Gasteiger partial charge in [0.05, 0.1) is 0 Å². The number of hydrogen-bond acceptors (Lipinski definition) is 4. The molecule has 5 nitrogen and oxygen atoms in total. The van der Waals surface area contributed by atoms with Gasteiger partial charge in [-0.1, -0.05) is 28.9 Å². The standard InChI is InChI=1S/C15H16ClN3O2/c16-11-4-1-3-10(7-11)14-8-13(18-21-14)15(20)19-6-2-5-12(17)9-19/h1,3-4,7-8,12H,2,5-6,9,17H2. The van der Waals surface area contributed by atoms with E-state index in [1.165, 1.54) is 0 Å². The smallest absolute Gasteiger partial charge is 0.276 e. The van der Waals surface area contributed by atoms with E-state index in [9.17, 15) is 4.79 Å². The summed E-state index contributed by atoms with van der Waals surface area (Å²) < 4.78 is 5.26. The van der Waals surface area contributed by atoms with Crippen LogP contribution in [0.25, 0.3) is 11.3 Å². The number of hydrogen-bond donors (Lipinski definition) is 1. The lowest BCUT2D eigenvalue weighted by molar-refractivity contribution is 0.0698. The fourth-order valence-corrected chi connectivity index (χ4v) is 2.70. The maximum Gasteiger partial charge on any atom is 0.276 e. The number of carbonyl (C=O) groups excluding carboxylic acids is 1. The summed E-state index contributed by atoms with van der Waals surface area (Å²) in [6.45, 7) is 1.28. The number of piperidine rings is 1. The Hall–Kier alpha value is -1.85. The Morgan fingerprint density at radius 1 is 1.43 bits per heavy atom. The molecule has 2 heterocycles. The molecule has 0 aliphatic carbocycles. The number of amides is 1. The van der Waals surface area contributed by atoms with Crippen molar-refractivity contribution in [2.45, 2.75) is 18.9 Å². The summed E-state index contributed by atoms with van der Waals surface area (Å²) >= 11 is 5.95. The van der Waals surface area contributed by atoms with Crippen LogP contribution in [0.1, 0.15) is 23.3 Å². The van der Waals surface area contributed by atoms with Crippen LogP contribution in [0.15, 0.2) is 34.9 Å². The molecule has 1 aliphatic rings. The molecule has 0 radical (unpaired) electrons. The van der Waals surface area contributed by atoms with E-state index in [1.807, 2.05) is 12.1 Å². The third-order valence-electron chi connectivity index (χ3n) is 3.58. The third kappa shape index (κ3) is 3.09. The van der Waals surface area contributed by atoms with Gasteiger partial charge in [0.25, 0.3) is 5.91 Å². The van der Waals surface area contributed by atoms with Gasteiger partial charge in [0.1, 0.15) is 0 Å². The first-order valence-electron chi connectivity index (χ1n) is 6.91. The predicted molar refractivity (Wildman–Crippen MR) is 80.1 cm³/mol. The second-order valence-electron chi connectivity index (χ2n) is 5.24. The van der Waals surface area contributed by atoms with Crippen LogP contribution in [0.3, 0.4) is 0 Å². The molecule has 6 heteroatoms. The highest BCUT2D eigenvalue weighted by atomic mass is 35.5. The lowest BCUT2D eigenvalue weighted by Crippen LogP contribution is -2.45. The van der Waals surface area contributed by atoms with Crippen LogP contribution in [-0.4, -0.2) is 35.1 Å². The second-order valence-corrected chi connectivity index (χ2v) is 5.68. The van der Waals surface area contributed by atoms with Crippen LogP contribution in [0, 0.1) is 0 Å². The topological polar surface area (TPSA) is 72.4 Å². The van der Waals surface area contributed by atoms with E-state index in [-0.39, 0.29) is 11.9 Å². The predicted octanol–water partition coefficient (Wildman–Crippen LogP) is 2.56. The molecular formula is C15H16ClN3O2. The van der Waals surface area contributed by atoms with Crippen molar-refractivity contribution in [3.05, 3.63) is 41.0 Å². The minimum atomic E-state index is -0.137. The number of likely N-dealkylation sites (tertiary alicyclic amines) is 1. The van der Waals surface area contributed by atoms with E-state index >= 15 is 0 Å². The van der Waals surface area contributed by atoms with E-state index in [0.29, 0.717) is 29.6 Å². The molecule has 1 aromatic heterocycles. The number of benzene rings is 1. The lowest BCUT2D eigenvalue weighted by atomic mass is 10.1. The number of aromatic nitrogens is 1. The van der Waals surface area contributed by atoms with Gasteiger partial charge in [-0.15, -0.1) is 0 Å². The summed E-state index contributed by atoms with van der Waals surface area (Å²) in [6.07, 6.45) is 1.88. The quantitative estimate of drug-likeness (QED) is 0.925. The van der Waals surface area contributed by atoms with Crippen molar-refractivity contribution < 1.29 is 9.32 Å². The molecule has 3 rings (SSSR count). The molecule has 1 aliphatic heterocycles. The number of carbonyl (C=O) groups is 1. The van der Waals surface area contributed by atoms with Crippen LogP contribution in [0.2, 0.25) is 5.02 Å². The van der Waals surface area contributed by atoms with Gasteiger partial charge >= 0.3 is 0 Å². The molecule has 0 bridgehead atoms. The Bertz CT molecular complexity index is 656. The SMILES string of the molecule is NC1CCCN(C(=O)c2cc(-c3cccc(Cl)c3)on2)C1. The lowest BCUT2D eigenvalue weighted by Gasteiger charge is -2.29. The first-order valence-corrected chi connectivity index (χ1v) is 7.29. The van der Waals surface area contributed by atoms with Crippen LogP contribution < -0.4 is 5.73 Å². The van der Waals surface area contributed by atoms with Gasteiger partial charge < -0.3 is 15.2 Å². The molecule has 1 saturated heterocycles. The van der Waals surface area contributed by atoms with Crippen LogP contribution in [0.4, 0.5) is 0 Å². The molecule has 1 aromatic carbocycles. The van der Waals surface area contributed by atoms with E-state index < -0.39 is 0 Å². The van der Waals surface area contributed by atoms with Crippen molar-refractivity contribution in [1.82, 2.24) is 10.1 Å². The highest BCUT2D eigenvalue weighted by Crippen LogP contribution is 2.24. The van der Waals surface area contributed by atoms with Crippen molar-refractivity contribution in [2.75, 3.05) is 13.1 Å². The number of halogens is 1. The van der Waals surface area contributed by atoms with Gasteiger partial charge in [-0.25, -0.2) is 0 Å². The van der Waals surface area contributed by atoms with Gasteiger partial charge in [-0.05, 0) is 25.0 Å². The summed E-state index contributed by atoms with van der Waals surface area (Å²) in [6, 6.07) is 8.93. The van der Waals surface area contributed by atoms with Crippen LogP contribution in [0.5, 0.6) is 0 Å². The molecule has 0 spiro atoms. The maximum absolute atomic E-state index is 12.4. The van der Waals surface area contributed by atoms with Gasteiger partial charge in [0, 0.05) is 35.8 Å². The molecule has 2 N–H and O–H groups in total. The number of nitrogens with zero attached hydrogens (tertiary/aromatic N) is 2. The average molecular weight is 306 g/mol. The normalized spacial score (nSPS) is 18.8. The summed E-state index contributed by atoms with van der Waals surface area (Å²) in [5, 5.41) is 4.48. The fraction of sp³-hybridized carbons (Fsp3) is 0.333. The summed E-state index contributed by atoms with van der Waals surface area (Å²) in [5.74, 6) is 0.393. The van der Waals surface area contributed by atoms with E-state index in [1.54, 1.807) is 23.1 Å². The zero-order valence-electron chi connectivity index (χ0n) is 11.5. The molecule has 1 amide bonds. The molecular weight excluding hydrogens is 290 g/mol. The monoisotopic (exact) mass is 305 g/mol. The van der Waals surface area contributed by atoms with Gasteiger partial charge in [0.2, 0.25) is 0 Å². The van der Waals surface area contributed by atoms with Crippen molar-refractivity contribution in [3.63, 3.8) is 0 Å². The summed E-state index contributed by atoms with van der Waals surface area (Å²) in [7, 11) is 0. The highest BCUT2D eigenvalue weighted by molar-refractivity contribution is 6.30. The van der Waals surface area contributed by atoms with Crippen molar-refractivity contribution in [3.8, 4) is 11.3 Å². The van der Waals surface area contributed by atoms with Crippen molar-refractivity contribution in [2.24, 2.45) is 5.73 Å². The zero-order chi connectivity index (χ0) is 14.8. The molecule has 1 atom stereocenters. The third-order valence-corrected chi connectivity index (χ3v) is 3.82. The maximum atomic E-state index is 12.4. The summed E-state index contributed by atoms with van der Waals surface area (Å²) in [4.78, 5) is 14.1. The molecule has 21 heavy (non-hydrogen) atoms. The molecule has 110 valence electrons. The van der Waals surface area contributed by atoms with Crippen molar-refractivity contribution in [1.29, 1.82) is 0 Å². The Kier molecular flexibility index (Phi) is 3.94. The van der Waals surface area contributed by atoms with Crippen LogP contribution in [-0.2, 0) is 0 Å². The molecule has 0 saturated carbocycles. The largest absolute Gasteiger partial charge is 0.355 e. The first kappa shape index (κ1) is 14.1. The van der Waals surface area contributed by atoms with Gasteiger partial charge in [0.15, 0.2) is 11.5 Å². The van der Waals surface area contributed by atoms with E-state index in [4.69, 9.17) is 21.9 Å². The highest BCUT2D eigenvalue weighted by Gasteiger charge is 2.24. The molecule has 2 aromatic rings. The zero-order valence-corrected chi connectivity index (χ0v) is 12.2. The second kappa shape index (κ2) is 5.87. The minimum Gasteiger partial charge on any atom is -0.355 e. The Morgan fingerprint density at radius 3 is 3.05 bits per heavy atom. The number of rotatable bonds is 2. The molecule has 1 unspecified atom stereocenters. The van der Waals surface area contributed by atoms with Crippen molar-refractivity contribution >= 4 is 17.5 Å². The van der Waals surface area contributed by atoms with Crippen LogP contribution >= 0.6 is 11.6 Å². The Labute approximate surface area is 127 Å². The fourth-order valence-electron chi connectivity index (χ4n) is 2.51. The summed E-state index contributed by atoms with van der Waals surface area (Å²) in [5.41, 5.74) is 7.00.